The highest BCUT2D eigenvalue weighted by Gasteiger charge is 2.45. The van der Waals surface area contributed by atoms with Crippen molar-refractivity contribution in [2.24, 2.45) is 0 Å². The topological polar surface area (TPSA) is 90.1 Å². The molecule has 1 aliphatic rings. The van der Waals surface area contributed by atoms with Gasteiger partial charge in [-0.3, -0.25) is 9.59 Å². The lowest BCUT2D eigenvalue weighted by Crippen LogP contribution is -2.49. The number of H-pyrrole nitrogens is 1. The number of piperidine rings is 1. The number of halogens is 3. The van der Waals surface area contributed by atoms with E-state index < -0.39 is 17.8 Å². The first-order chi connectivity index (χ1) is 14.2. The van der Waals surface area contributed by atoms with Crippen LogP contribution in [0.2, 0.25) is 0 Å². The van der Waals surface area contributed by atoms with Crippen LogP contribution in [-0.4, -0.2) is 48.2 Å². The number of anilines is 2. The van der Waals surface area contributed by atoms with E-state index in [9.17, 15) is 22.8 Å². The lowest BCUT2D eigenvalue weighted by atomic mass is 10.00. The molecular formula is C20H24F3N5O2. The first-order valence-corrected chi connectivity index (χ1v) is 9.68. The summed E-state index contributed by atoms with van der Waals surface area (Å²) in [4.78, 5) is 32.0. The van der Waals surface area contributed by atoms with E-state index in [1.807, 2.05) is 0 Å². The number of aromatic nitrogens is 2. The fourth-order valence-corrected chi connectivity index (χ4v) is 3.65. The maximum atomic E-state index is 13.5. The minimum absolute atomic E-state index is 0.00825. The fourth-order valence-electron chi connectivity index (χ4n) is 3.65. The normalized spacial score (nSPS) is 17.1. The molecule has 1 aliphatic heterocycles. The van der Waals surface area contributed by atoms with Gasteiger partial charge < -0.3 is 20.5 Å². The number of pyridine rings is 2. The van der Waals surface area contributed by atoms with Crippen LogP contribution in [0.4, 0.5) is 24.8 Å². The molecule has 0 unspecified atom stereocenters. The van der Waals surface area contributed by atoms with Crippen molar-refractivity contribution in [3.63, 3.8) is 0 Å². The molecule has 1 fully saturated rings. The first kappa shape index (κ1) is 21.8. The number of hydrogen-bond acceptors (Lipinski definition) is 5. The third-order valence-corrected chi connectivity index (χ3v) is 5.04. The Bertz CT molecular complexity index is 974. The highest BCUT2D eigenvalue weighted by molar-refractivity contribution is 5.92. The second-order valence-corrected chi connectivity index (χ2v) is 7.33. The molecule has 0 aromatic carbocycles. The van der Waals surface area contributed by atoms with E-state index >= 15 is 0 Å². The average Bonchev–Trinajstić information content (AvgIpc) is 2.68. The fraction of sp³-hybridized carbons (Fsp3) is 0.450. The predicted molar refractivity (Wildman–Crippen MR) is 109 cm³/mol. The van der Waals surface area contributed by atoms with Crippen LogP contribution in [0.25, 0.3) is 11.1 Å². The Morgan fingerprint density at radius 2 is 2.07 bits per heavy atom. The van der Waals surface area contributed by atoms with Crippen molar-refractivity contribution in [2.75, 3.05) is 30.4 Å². The van der Waals surface area contributed by atoms with Gasteiger partial charge in [0.05, 0.1) is 6.54 Å². The summed E-state index contributed by atoms with van der Waals surface area (Å²) in [6, 6.07) is 2.86. The molecule has 3 N–H and O–H groups in total. The van der Waals surface area contributed by atoms with Gasteiger partial charge in [0, 0.05) is 18.8 Å². The summed E-state index contributed by atoms with van der Waals surface area (Å²) in [6.45, 7) is 2.10. The van der Waals surface area contributed by atoms with Crippen LogP contribution in [-0.2, 0) is 4.79 Å². The molecule has 2 aromatic heterocycles. The highest BCUT2D eigenvalue weighted by Crippen LogP contribution is 2.35. The summed E-state index contributed by atoms with van der Waals surface area (Å²) in [5.41, 5.74) is 1.30. The summed E-state index contributed by atoms with van der Waals surface area (Å²) in [7, 11) is 1.64. The van der Waals surface area contributed by atoms with Gasteiger partial charge >= 0.3 is 6.18 Å². The van der Waals surface area contributed by atoms with Crippen molar-refractivity contribution in [1.82, 2.24) is 15.3 Å². The third kappa shape index (κ3) is 4.99. The Hall–Kier alpha value is -2.88. The zero-order valence-electron chi connectivity index (χ0n) is 16.8. The number of amides is 1. The zero-order valence-corrected chi connectivity index (χ0v) is 16.8. The van der Waals surface area contributed by atoms with Crippen LogP contribution in [0, 0.1) is 6.92 Å². The zero-order chi connectivity index (χ0) is 21.9. The van der Waals surface area contributed by atoms with E-state index in [1.54, 1.807) is 32.3 Å². The number of hydrogen-bond donors (Lipinski definition) is 3. The molecule has 0 spiro atoms. The minimum Gasteiger partial charge on any atom is -0.346 e. The maximum Gasteiger partial charge on any atom is 0.408 e. The van der Waals surface area contributed by atoms with Crippen LogP contribution < -0.4 is 21.1 Å². The van der Waals surface area contributed by atoms with Crippen LogP contribution >= 0.6 is 0 Å². The van der Waals surface area contributed by atoms with Crippen molar-refractivity contribution in [3.05, 3.63) is 40.3 Å². The van der Waals surface area contributed by atoms with Gasteiger partial charge in [0.1, 0.15) is 17.7 Å². The van der Waals surface area contributed by atoms with Crippen LogP contribution in [0.3, 0.4) is 0 Å². The van der Waals surface area contributed by atoms with Gasteiger partial charge in [0.25, 0.3) is 0 Å². The third-order valence-electron chi connectivity index (χ3n) is 5.04. The van der Waals surface area contributed by atoms with Gasteiger partial charge in [0.2, 0.25) is 11.5 Å². The Labute approximate surface area is 171 Å². The Kier molecular flexibility index (Phi) is 6.45. The van der Waals surface area contributed by atoms with Gasteiger partial charge in [0.15, 0.2) is 0 Å². The molecule has 3 heterocycles. The van der Waals surface area contributed by atoms with E-state index in [2.05, 4.69) is 20.6 Å². The molecule has 0 aliphatic carbocycles. The van der Waals surface area contributed by atoms with Gasteiger partial charge in [-0.2, -0.15) is 13.2 Å². The molecule has 0 saturated carbocycles. The van der Waals surface area contributed by atoms with Gasteiger partial charge in [-0.15, -0.1) is 0 Å². The summed E-state index contributed by atoms with van der Waals surface area (Å²) in [5, 5.41) is 5.37. The highest BCUT2D eigenvalue weighted by atomic mass is 19.4. The molecule has 162 valence electrons. The molecule has 7 nitrogen and oxygen atoms in total. The largest absolute Gasteiger partial charge is 0.408 e. The van der Waals surface area contributed by atoms with Crippen molar-refractivity contribution < 1.29 is 18.0 Å². The molecular weight excluding hydrogens is 399 g/mol. The molecule has 1 saturated heterocycles. The predicted octanol–water partition coefficient (Wildman–Crippen LogP) is 2.82. The van der Waals surface area contributed by atoms with Gasteiger partial charge in [-0.1, -0.05) is 0 Å². The van der Waals surface area contributed by atoms with Crippen LogP contribution in [0.5, 0.6) is 0 Å². The SMILES string of the molecule is CNCC(=O)Nc1cc(-c2cc(N3CCCC[C@@H]3C(F)(F)F)[nH]c(=O)c2)c(C)cn1. The number of nitrogens with zero attached hydrogens (tertiary/aromatic N) is 2. The molecule has 1 atom stereocenters. The quantitative estimate of drug-likeness (QED) is 0.688. The summed E-state index contributed by atoms with van der Waals surface area (Å²) in [6.07, 6.45) is -1.74. The molecule has 3 rings (SSSR count). The number of carbonyl (C=O) groups excluding carboxylic acids is 1. The molecule has 0 radical (unpaired) electrons. The Morgan fingerprint density at radius 1 is 1.30 bits per heavy atom. The number of nitrogens with one attached hydrogen (secondary N) is 3. The number of alkyl halides is 3. The molecule has 30 heavy (non-hydrogen) atoms. The second-order valence-electron chi connectivity index (χ2n) is 7.33. The van der Waals surface area contributed by atoms with E-state index in [4.69, 9.17) is 0 Å². The van der Waals surface area contributed by atoms with E-state index in [0.29, 0.717) is 29.8 Å². The number of likely N-dealkylation sites (N-methyl/N-ethyl adjacent to an activating group) is 1. The van der Waals surface area contributed by atoms with Crippen LogP contribution in [0.1, 0.15) is 24.8 Å². The van der Waals surface area contributed by atoms with E-state index in [1.165, 1.54) is 11.0 Å². The van der Waals surface area contributed by atoms with Crippen molar-refractivity contribution in [2.45, 2.75) is 38.4 Å². The first-order valence-electron chi connectivity index (χ1n) is 9.68. The molecule has 1 amide bonds. The van der Waals surface area contributed by atoms with Crippen LogP contribution in [0.15, 0.2) is 29.2 Å². The summed E-state index contributed by atoms with van der Waals surface area (Å²) in [5.74, 6) is 0.146. The average molecular weight is 423 g/mol. The Morgan fingerprint density at radius 3 is 2.77 bits per heavy atom. The molecule has 0 bridgehead atoms. The monoisotopic (exact) mass is 423 g/mol. The molecule has 2 aromatic rings. The van der Waals surface area contributed by atoms with E-state index in [-0.39, 0.29) is 31.2 Å². The summed E-state index contributed by atoms with van der Waals surface area (Å²) < 4.78 is 40.5. The maximum absolute atomic E-state index is 13.5. The van der Waals surface area contributed by atoms with Crippen molar-refractivity contribution >= 4 is 17.5 Å². The van der Waals surface area contributed by atoms with E-state index in [0.717, 1.165) is 5.56 Å². The second kappa shape index (κ2) is 8.86. The number of rotatable bonds is 5. The number of aryl methyl sites for hydroxylation is 1. The molecule has 10 heteroatoms. The van der Waals surface area contributed by atoms with Gasteiger partial charge in [-0.25, -0.2) is 4.98 Å². The lowest BCUT2D eigenvalue weighted by molar-refractivity contribution is -0.152. The Balaban J connectivity index is 1.99. The van der Waals surface area contributed by atoms with Gasteiger partial charge in [-0.05, 0) is 62.1 Å². The smallest absolute Gasteiger partial charge is 0.346 e. The lowest BCUT2D eigenvalue weighted by Gasteiger charge is -2.38. The number of aromatic amines is 1. The minimum atomic E-state index is -4.38. The number of carbonyl (C=O) groups is 1. The summed E-state index contributed by atoms with van der Waals surface area (Å²) >= 11 is 0. The van der Waals surface area contributed by atoms with Crippen molar-refractivity contribution in [1.29, 1.82) is 0 Å². The van der Waals surface area contributed by atoms with Crippen molar-refractivity contribution in [3.8, 4) is 11.1 Å². The standard InChI is InChI=1S/C20H24F3N5O2/c1-12-10-25-16(26-19(30)11-24-2)9-14(12)13-7-17(27-18(29)8-13)28-6-4-3-5-15(28)20(21,22)23/h7-10,15,24H,3-6,11H2,1-2H3,(H,27,29)(H,25,26,30)/t15-/m1/s1.